The SMILES string of the molecule is COc1cccc(N2C[C@@H](C(=O)N3CCN(S(=O)(=O)c4cc(C)ccc4C)CC3)CC2=O)c1. The highest BCUT2D eigenvalue weighted by atomic mass is 32.2. The number of ether oxygens (including phenoxy) is 1. The molecule has 4 rings (SSSR count). The molecule has 0 N–H and O–H groups in total. The molecule has 176 valence electrons. The number of benzene rings is 2. The lowest BCUT2D eigenvalue weighted by Gasteiger charge is -2.35. The van der Waals surface area contributed by atoms with Gasteiger partial charge in [0.15, 0.2) is 0 Å². The lowest BCUT2D eigenvalue weighted by molar-refractivity contribution is -0.136. The van der Waals surface area contributed by atoms with Crippen molar-refractivity contribution in [1.82, 2.24) is 9.21 Å². The van der Waals surface area contributed by atoms with Gasteiger partial charge in [-0.25, -0.2) is 8.42 Å². The Kier molecular flexibility index (Phi) is 6.45. The number of nitrogens with zero attached hydrogens (tertiary/aromatic N) is 3. The van der Waals surface area contributed by atoms with Crippen molar-refractivity contribution in [2.75, 3.05) is 44.7 Å². The first-order chi connectivity index (χ1) is 15.7. The van der Waals surface area contributed by atoms with Crippen LogP contribution < -0.4 is 9.64 Å². The lowest BCUT2D eigenvalue weighted by Crippen LogP contribution is -2.52. The summed E-state index contributed by atoms with van der Waals surface area (Å²) in [5, 5.41) is 0. The maximum absolute atomic E-state index is 13.1. The number of aryl methyl sites for hydroxylation is 2. The largest absolute Gasteiger partial charge is 0.497 e. The number of amides is 2. The molecule has 0 bridgehead atoms. The molecule has 33 heavy (non-hydrogen) atoms. The average Bonchev–Trinajstić information content (AvgIpc) is 3.21. The standard InChI is InChI=1S/C24H29N3O5S/c1-17-7-8-18(2)22(13-17)33(30,31)26-11-9-25(10-12-26)24(29)19-14-23(28)27(16-19)20-5-4-6-21(15-20)32-3/h4-8,13,15,19H,9-12,14,16H2,1-3H3/t19-/m0/s1. The highest BCUT2D eigenvalue weighted by Crippen LogP contribution is 2.29. The molecular formula is C24H29N3O5S. The highest BCUT2D eigenvalue weighted by Gasteiger charge is 2.39. The first-order valence-electron chi connectivity index (χ1n) is 11.0. The summed E-state index contributed by atoms with van der Waals surface area (Å²) in [6, 6.07) is 12.6. The number of piperazine rings is 1. The monoisotopic (exact) mass is 471 g/mol. The number of hydrogen-bond donors (Lipinski definition) is 0. The fourth-order valence-electron chi connectivity index (χ4n) is 4.43. The number of sulfonamides is 1. The number of carbonyl (C=O) groups is 2. The summed E-state index contributed by atoms with van der Waals surface area (Å²) in [5.74, 6) is 0.0115. The molecule has 0 unspecified atom stereocenters. The van der Waals surface area contributed by atoms with E-state index in [0.29, 0.717) is 41.5 Å². The molecule has 2 heterocycles. The quantitative estimate of drug-likeness (QED) is 0.667. The average molecular weight is 472 g/mol. The summed E-state index contributed by atoms with van der Waals surface area (Å²) in [6.07, 6.45) is 0.150. The first kappa shape index (κ1) is 23.3. The molecule has 1 atom stereocenters. The lowest BCUT2D eigenvalue weighted by atomic mass is 10.1. The Balaban J connectivity index is 1.40. The number of carbonyl (C=O) groups excluding carboxylic acids is 2. The van der Waals surface area contributed by atoms with E-state index in [0.717, 1.165) is 5.56 Å². The zero-order valence-electron chi connectivity index (χ0n) is 19.2. The van der Waals surface area contributed by atoms with E-state index in [4.69, 9.17) is 4.74 Å². The molecule has 2 fully saturated rings. The van der Waals surface area contributed by atoms with Crippen molar-refractivity contribution < 1.29 is 22.7 Å². The van der Waals surface area contributed by atoms with Crippen LogP contribution in [0, 0.1) is 19.8 Å². The molecule has 2 aliphatic heterocycles. The van der Waals surface area contributed by atoms with Crippen molar-refractivity contribution in [2.45, 2.75) is 25.2 Å². The van der Waals surface area contributed by atoms with Gasteiger partial charge in [-0.1, -0.05) is 18.2 Å². The van der Waals surface area contributed by atoms with Crippen LogP contribution in [-0.4, -0.2) is 69.3 Å². The first-order valence-corrected chi connectivity index (χ1v) is 12.5. The van der Waals surface area contributed by atoms with Crippen LogP contribution in [0.25, 0.3) is 0 Å². The van der Waals surface area contributed by atoms with E-state index in [2.05, 4.69) is 0 Å². The highest BCUT2D eigenvalue weighted by molar-refractivity contribution is 7.89. The van der Waals surface area contributed by atoms with Crippen LogP contribution in [-0.2, 0) is 19.6 Å². The van der Waals surface area contributed by atoms with Crippen LogP contribution in [0.2, 0.25) is 0 Å². The van der Waals surface area contributed by atoms with Gasteiger partial charge in [-0.3, -0.25) is 9.59 Å². The van der Waals surface area contributed by atoms with Crippen LogP contribution in [0.5, 0.6) is 5.75 Å². The number of anilines is 1. The van der Waals surface area contributed by atoms with Gasteiger partial charge in [0, 0.05) is 50.9 Å². The maximum Gasteiger partial charge on any atom is 0.243 e. The zero-order valence-corrected chi connectivity index (χ0v) is 20.0. The van der Waals surface area contributed by atoms with Gasteiger partial charge in [0.2, 0.25) is 21.8 Å². The van der Waals surface area contributed by atoms with Crippen LogP contribution in [0.1, 0.15) is 17.5 Å². The van der Waals surface area contributed by atoms with Gasteiger partial charge in [0.1, 0.15) is 5.75 Å². The van der Waals surface area contributed by atoms with Gasteiger partial charge in [0.05, 0.1) is 17.9 Å². The van der Waals surface area contributed by atoms with E-state index < -0.39 is 15.9 Å². The van der Waals surface area contributed by atoms with Gasteiger partial charge >= 0.3 is 0 Å². The van der Waals surface area contributed by atoms with Crippen LogP contribution in [0.3, 0.4) is 0 Å². The predicted octanol–water partition coefficient (Wildman–Crippen LogP) is 2.20. The minimum absolute atomic E-state index is 0.0993. The van der Waals surface area contributed by atoms with E-state index >= 15 is 0 Å². The third-order valence-electron chi connectivity index (χ3n) is 6.35. The third kappa shape index (κ3) is 4.60. The van der Waals surface area contributed by atoms with Gasteiger partial charge in [-0.2, -0.15) is 4.31 Å². The number of hydrogen-bond acceptors (Lipinski definition) is 5. The van der Waals surface area contributed by atoms with E-state index in [1.165, 1.54) is 4.31 Å². The van der Waals surface area contributed by atoms with E-state index in [-0.39, 0.29) is 31.3 Å². The van der Waals surface area contributed by atoms with Crippen molar-refractivity contribution in [3.05, 3.63) is 53.6 Å². The van der Waals surface area contributed by atoms with Gasteiger partial charge < -0.3 is 14.5 Å². The molecule has 2 aliphatic rings. The minimum atomic E-state index is -3.62. The molecule has 2 aromatic rings. The van der Waals surface area contributed by atoms with Crippen molar-refractivity contribution in [3.63, 3.8) is 0 Å². The van der Waals surface area contributed by atoms with Crippen molar-refractivity contribution in [1.29, 1.82) is 0 Å². The van der Waals surface area contributed by atoms with Crippen LogP contribution in [0.4, 0.5) is 5.69 Å². The molecule has 2 saturated heterocycles. The van der Waals surface area contributed by atoms with Crippen LogP contribution >= 0.6 is 0 Å². The Morgan fingerprint density at radius 1 is 1.03 bits per heavy atom. The Hall–Kier alpha value is -2.91. The smallest absolute Gasteiger partial charge is 0.243 e. The molecule has 0 radical (unpaired) electrons. The van der Waals surface area contributed by atoms with Crippen molar-refractivity contribution in [2.24, 2.45) is 5.92 Å². The second-order valence-electron chi connectivity index (χ2n) is 8.61. The van der Waals surface area contributed by atoms with Crippen molar-refractivity contribution in [3.8, 4) is 5.75 Å². The summed E-state index contributed by atoms with van der Waals surface area (Å²) in [5.41, 5.74) is 2.31. The number of rotatable bonds is 5. The molecule has 2 aromatic carbocycles. The summed E-state index contributed by atoms with van der Waals surface area (Å²) >= 11 is 0. The minimum Gasteiger partial charge on any atom is -0.497 e. The Morgan fingerprint density at radius 3 is 2.45 bits per heavy atom. The number of methoxy groups -OCH3 is 1. The summed E-state index contributed by atoms with van der Waals surface area (Å²) in [6.45, 7) is 5.07. The zero-order chi connectivity index (χ0) is 23.8. The second kappa shape index (κ2) is 9.15. The molecule has 0 spiro atoms. The van der Waals surface area contributed by atoms with Crippen molar-refractivity contribution >= 4 is 27.5 Å². The Morgan fingerprint density at radius 2 is 1.76 bits per heavy atom. The molecule has 0 aliphatic carbocycles. The van der Waals surface area contributed by atoms with Crippen LogP contribution in [0.15, 0.2) is 47.4 Å². The summed E-state index contributed by atoms with van der Waals surface area (Å²) < 4.78 is 33.0. The maximum atomic E-state index is 13.1. The fourth-order valence-corrected chi connectivity index (χ4v) is 6.16. The normalized spacial score (nSPS) is 19.7. The molecule has 8 nitrogen and oxygen atoms in total. The topological polar surface area (TPSA) is 87.2 Å². The molecule has 2 amide bonds. The third-order valence-corrected chi connectivity index (χ3v) is 8.39. The predicted molar refractivity (Wildman–Crippen MR) is 125 cm³/mol. The molecule has 0 saturated carbocycles. The van der Waals surface area contributed by atoms with E-state index in [1.807, 2.05) is 31.2 Å². The summed E-state index contributed by atoms with van der Waals surface area (Å²) in [4.78, 5) is 29.3. The Bertz CT molecular complexity index is 1170. The Labute approximate surface area is 194 Å². The van der Waals surface area contributed by atoms with E-state index in [1.54, 1.807) is 42.0 Å². The second-order valence-corrected chi connectivity index (χ2v) is 10.5. The summed E-state index contributed by atoms with van der Waals surface area (Å²) in [7, 11) is -2.06. The molecule has 9 heteroatoms. The molecular weight excluding hydrogens is 442 g/mol. The van der Waals surface area contributed by atoms with Gasteiger partial charge in [-0.15, -0.1) is 0 Å². The molecule has 0 aromatic heterocycles. The van der Waals surface area contributed by atoms with E-state index in [9.17, 15) is 18.0 Å². The van der Waals surface area contributed by atoms with Gasteiger partial charge in [-0.05, 0) is 43.2 Å². The van der Waals surface area contributed by atoms with Gasteiger partial charge in [0.25, 0.3) is 0 Å². The fraction of sp³-hybridized carbons (Fsp3) is 0.417.